The Morgan fingerprint density at radius 1 is 1.36 bits per heavy atom. The average Bonchev–Trinajstić information content (AvgIpc) is 3.05. The molecule has 0 aliphatic carbocycles. The van der Waals surface area contributed by atoms with Gasteiger partial charge in [0, 0.05) is 24.7 Å². The third-order valence-electron chi connectivity index (χ3n) is 3.67. The van der Waals surface area contributed by atoms with Crippen molar-refractivity contribution in [3.05, 3.63) is 41.7 Å². The predicted molar refractivity (Wildman–Crippen MR) is 81.5 cm³/mol. The highest BCUT2D eigenvalue weighted by Gasteiger charge is 2.36. The molecule has 0 radical (unpaired) electrons. The number of carbonyl (C=O) groups excluding carboxylic acids is 2. The Morgan fingerprint density at radius 2 is 2.18 bits per heavy atom. The summed E-state index contributed by atoms with van der Waals surface area (Å²) >= 11 is 0. The molecule has 3 rings (SSSR count). The SMILES string of the molecule is Cc1cccc(NC(=O)C2CC(=O)N(c3cc(C)on3)C2)c1. The molecule has 1 aliphatic rings. The molecule has 2 heterocycles. The fourth-order valence-electron chi connectivity index (χ4n) is 2.55. The molecule has 1 N–H and O–H groups in total. The van der Waals surface area contributed by atoms with Gasteiger partial charge in [0.1, 0.15) is 5.76 Å². The van der Waals surface area contributed by atoms with Gasteiger partial charge in [-0.2, -0.15) is 0 Å². The quantitative estimate of drug-likeness (QED) is 0.943. The molecule has 1 aromatic heterocycles. The number of rotatable bonds is 3. The number of aromatic nitrogens is 1. The summed E-state index contributed by atoms with van der Waals surface area (Å²) in [6.07, 6.45) is 0.184. The van der Waals surface area contributed by atoms with E-state index in [4.69, 9.17) is 4.52 Å². The Morgan fingerprint density at radius 3 is 2.86 bits per heavy atom. The molecule has 2 amide bonds. The van der Waals surface area contributed by atoms with Gasteiger partial charge in [-0.05, 0) is 31.5 Å². The molecule has 1 aromatic carbocycles. The van der Waals surface area contributed by atoms with Gasteiger partial charge in [0.25, 0.3) is 0 Å². The molecular formula is C16H17N3O3. The average molecular weight is 299 g/mol. The summed E-state index contributed by atoms with van der Waals surface area (Å²) < 4.78 is 4.99. The Balaban J connectivity index is 1.68. The largest absolute Gasteiger partial charge is 0.360 e. The smallest absolute Gasteiger partial charge is 0.229 e. The van der Waals surface area contributed by atoms with Gasteiger partial charge in [-0.3, -0.25) is 14.5 Å². The van der Waals surface area contributed by atoms with Crippen LogP contribution in [0.25, 0.3) is 0 Å². The minimum atomic E-state index is -0.384. The summed E-state index contributed by atoms with van der Waals surface area (Å²) in [5.74, 6) is 0.452. The molecule has 0 bridgehead atoms. The number of benzene rings is 1. The molecule has 1 saturated heterocycles. The third kappa shape index (κ3) is 2.86. The lowest BCUT2D eigenvalue weighted by Gasteiger charge is -2.13. The van der Waals surface area contributed by atoms with Crippen molar-refractivity contribution in [1.29, 1.82) is 0 Å². The highest BCUT2D eigenvalue weighted by atomic mass is 16.5. The number of nitrogens with one attached hydrogen (secondary N) is 1. The second-order valence-corrected chi connectivity index (χ2v) is 5.56. The Bertz CT molecular complexity index is 723. The third-order valence-corrected chi connectivity index (χ3v) is 3.67. The fourth-order valence-corrected chi connectivity index (χ4v) is 2.55. The molecular weight excluding hydrogens is 282 g/mol. The normalized spacial score (nSPS) is 17.8. The monoisotopic (exact) mass is 299 g/mol. The summed E-state index contributed by atoms with van der Waals surface area (Å²) in [6.45, 7) is 4.05. The summed E-state index contributed by atoms with van der Waals surface area (Å²) in [4.78, 5) is 25.9. The van der Waals surface area contributed by atoms with Gasteiger partial charge in [-0.25, -0.2) is 0 Å². The maximum atomic E-state index is 12.3. The van der Waals surface area contributed by atoms with E-state index in [1.807, 2.05) is 31.2 Å². The number of carbonyl (C=O) groups is 2. The first-order valence-electron chi connectivity index (χ1n) is 7.14. The van der Waals surface area contributed by atoms with Crippen LogP contribution in [-0.2, 0) is 9.59 Å². The van der Waals surface area contributed by atoms with E-state index >= 15 is 0 Å². The number of hydrogen-bond donors (Lipinski definition) is 1. The zero-order valence-corrected chi connectivity index (χ0v) is 12.5. The van der Waals surface area contributed by atoms with E-state index in [9.17, 15) is 9.59 Å². The molecule has 114 valence electrons. The van der Waals surface area contributed by atoms with Crippen molar-refractivity contribution in [2.24, 2.45) is 5.92 Å². The van der Waals surface area contributed by atoms with Crippen molar-refractivity contribution < 1.29 is 14.1 Å². The number of nitrogens with zero attached hydrogens (tertiary/aromatic N) is 2. The standard InChI is InChI=1S/C16H17N3O3/c1-10-4-3-5-13(6-10)17-16(21)12-8-15(20)19(9-12)14-7-11(2)22-18-14/h3-7,12H,8-9H2,1-2H3,(H,17,21). The summed E-state index contributed by atoms with van der Waals surface area (Å²) in [6, 6.07) is 9.27. The van der Waals surface area contributed by atoms with Crippen LogP contribution in [0.2, 0.25) is 0 Å². The summed E-state index contributed by atoms with van der Waals surface area (Å²) in [5.41, 5.74) is 1.81. The second-order valence-electron chi connectivity index (χ2n) is 5.56. The topological polar surface area (TPSA) is 75.4 Å². The maximum Gasteiger partial charge on any atom is 0.229 e. The van der Waals surface area contributed by atoms with Crippen molar-refractivity contribution in [3.8, 4) is 0 Å². The van der Waals surface area contributed by atoms with Crippen LogP contribution in [0.4, 0.5) is 11.5 Å². The summed E-state index contributed by atoms with van der Waals surface area (Å²) in [5, 5.41) is 6.70. The second kappa shape index (κ2) is 5.63. The lowest BCUT2D eigenvalue weighted by molar-refractivity contribution is -0.122. The maximum absolute atomic E-state index is 12.3. The van der Waals surface area contributed by atoms with Gasteiger partial charge in [0.15, 0.2) is 5.82 Å². The van der Waals surface area contributed by atoms with Gasteiger partial charge < -0.3 is 9.84 Å². The van der Waals surface area contributed by atoms with Gasteiger partial charge in [0.2, 0.25) is 11.8 Å². The van der Waals surface area contributed by atoms with Crippen LogP contribution >= 0.6 is 0 Å². The zero-order chi connectivity index (χ0) is 15.7. The van der Waals surface area contributed by atoms with E-state index in [1.165, 1.54) is 4.90 Å². The number of anilines is 2. The first kappa shape index (κ1) is 14.3. The van der Waals surface area contributed by atoms with Gasteiger partial charge in [-0.1, -0.05) is 17.3 Å². The zero-order valence-electron chi connectivity index (χ0n) is 12.5. The molecule has 2 aromatic rings. The lowest BCUT2D eigenvalue weighted by Crippen LogP contribution is -2.28. The predicted octanol–water partition coefficient (Wildman–Crippen LogP) is 2.28. The van der Waals surface area contributed by atoms with Crippen LogP contribution < -0.4 is 10.2 Å². The molecule has 6 nitrogen and oxygen atoms in total. The number of aryl methyl sites for hydroxylation is 2. The van der Waals surface area contributed by atoms with E-state index in [0.29, 0.717) is 18.1 Å². The van der Waals surface area contributed by atoms with Gasteiger partial charge in [-0.15, -0.1) is 0 Å². The van der Waals surface area contributed by atoms with Crippen LogP contribution in [0, 0.1) is 19.8 Å². The summed E-state index contributed by atoms with van der Waals surface area (Å²) in [7, 11) is 0. The van der Waals surface area contributed by atoms with Crippen LogP contribution in [0.5, 0.6) is 0 Å². The Hall–Kier alpha value is -2.63. The van der Waals surface area contributed by atoms with Gasteiger partial charge >= 0.3 is 0 Å². The minimum Gasteiger partial charge on any atom is -0.360 e. The van der Waals surface area contributed by atoms with E-state index in [-0.39, 0.29) is 24.2 Å². The molecule has 0 saturated carbocycles. The van der Waals surface area contributed by atoms with Crippen LogP contribution in [0.1, 0.15) is 17.7 Å². The first-order valence-corrected chi connectivity index (χ1v) is 7.14. The molecule has 1 fully saturated rings. The Labute approximate surface area is 128 Å². The number of amides is 2. The van der Waals surface area contributed by atoms with Crippen molar-refractivity contribution >= 4 is 23.3 Å². The molecule has 1 unspecified atom stereocenters. The first-order chi connectivity index (χ1) is 10.5. The van der Waals surface area contributed by atoms with Crippen molar-refractivity contribution in [3.63, 3.8) is 0 Å². The fraction of sp³-hybridized carbons (Fsp3) is 0.312. The minimum absolute atomic E-state index is 0.113. The van der Waals surface area contributed by atoms with Crippen LogP contribution in [-0.4, -0.2) is 23.5 Å². The molecule has 22 heavy (non-hydrogen) atoms. The van der Waals surface area contributed by atoms with Gasteiger partial charge in [0.05, 0.1) is 5.92 Å². The number of hydrogen-bond acceptors (Lipinski definition) is 4. The van der Waals surface area contributed by atoms with Crippen molar-refractivity contribution in [2.45, 2.75) is 20.3 Å². The molecule has 1 atom stereocenters. The lowest BCUT2D eigenvalue weighted by atomic mass is 10.1. The van der Waals surface area contributed by atoms with Crippen molar-refractivity contribution in [2.75, 3.05) is 16.8 Å². The molecule has 1 aliphatic heterocycles. The van der Waals surface area contributed by atoms with Crippen LogP contribution in [0.3, 0.4) is 0 Å². The highest BCUT2D eigenvalue weighted by molar-refractivity contribution is 6.03. The molecule has 0 spiro atoms. The highest BCUT2D eigenvalue weighted by Crippen LogP contribution is 2.25. The van der Waals surface area contributed by atoms with E-state index < -0.39 is 0 Å². The molecule has 6 heteroatoms. The van der Waals surface area contributed by atoms with Crippen LogP contribution in [0.15, 0.2) is 34.9 Å². The van der Waals surface area contributed by atoms with Crippen molar-refractivity contribution in [1.82, 2.24) is 5.16 Å². The van der Waals surface area contributed by atoms with E-state index in [1.54, 1.807) is 13.0 Å². The Kier molecular flexibility index (Phi) is 3.66. The van der Waals surface area contributed by atoms with E-state index in [2.05, 4.69) is 10.5 Å². The van der Waals surface area contributed by atoms with E-state index in [0.717, 1.165) is 11.3 Å².